The van der Waals surface area contributed by atoms with E-state index < -0.39 is 11.4 Å². The number of carbonyl (C=O) groups excluding carboxylic acids is 1. The lowest BCUT2D eigenvalue weighted by molar-refractivity contribution is -0.123. The van der Waals surface area contributed by atoms with E-state index in [0.717, 1.165) is 0 Å². The minimum atomic E-state index is -1.14. The molecule has 0 unspecified atom stereocenters. The van der Waals surface area contributed by atoms with Crippen LogP contribution in [-0.4, -0.2) is 24.1 Å². The molecule has 0 bridgehead atoms. The van der Waals surface area contributed by atoms with Crippen molar-refractivity contribution in [2.75, 3.05) is 12.4 Å². The first-order chi connectivity index (χ1) is 8.27. The minimum Gasteiger partial charge on any atom is -0.496 e. The molecule has 1 aromatic rings. The number of ether oxygens (including phenoxy) is 1. The number of hydrogen-bond acceptors (Lipinski definition) is 3. The summed E-state index contributed by atoms with van der Waals surface area (Å²) in [6, 6.07) is 4.70. The zero-order valence-electron chi connectivity index (χ0n) is 10.9. The van der Waals surface area contributed by atoms with Crippen molar-refractivity contribution in [2.24, 2.45) is 5.41 Å². The van der Waals surface area contributed by atoms with Crippen molar-refractivity contribution in [1.29, 1.82) is 0 Å². The van der Waals surface area contributed by atoms with Gasteiger partial charge in [0.05, 0.1) is 12.8 Å². The summed E-state index contributed by atoms with van der Waals surface area (Å²) in [6.45, 7) is 5.26. The second-order valence-electron chi connectivity index (χ2n) is 4.89. The molecule has 0 fully saturated rings. The highest BCUT2D eigenvalue weighted by Crippen LogP contribution is 2.27. The smallest absolute Gasteiger partial charge is 0.341 e. The molecule has 0 atom stereocenters. The van der Waals surface area contributed by atoms with Crippen molar-refractivity contribution in [3.05, 3.63) is 23.8 Å². The summed E-state index contributed by atoms with van der Waals surface area (Å²) < 4.78 is 4.98. The van der Waals surface area contributed by atoms with Crippen molar-refractivity contribution < 1.29 is 19.4 Å². The number of hydrogen-bond donors (Lipinski definition) is 2. The van der Waals surface area contributed by atoms with Gasteiger partial charge in [0.2, 0.25) is 5.91 Å². The van der Waals surface area contributed by atoms with Gasteiger partial charge in [0.25, 0.3) is 0 Å². The van der Waals surface area contributed by atoms with Crippen LogP contribution in [-0.2, 0) is 4.79 Å². The van der Waals surface area contributed by atoms with Crippen LogP contribution >= 0.6 is 0 Å². The molecular formula is C13H17NO4. The summed E-state index contributed by atoms with van der Waals surface area (Å²) in [5.41, 5.74) is -0.404. The number of methoxy groups -OCH3 is 1. The van der Waals surface area contributed by atoms with Crippen molar-refractivity contribution >= 4 is 17.6 Å². The van der Waals surface area contributed by atoms with Crippen molar-refractivity contribution in [2.45, 2.75) is 20.8 Å². The van der Waals surface area contributed by atoms with Gasteiger partial charge >= 0.3 is 5.97 Å². The van der Waals surface area contributed by atoms with E-state index in [2.05, 4.69) is 5.32 Å². The molecule has 0 aliphatic carbocycles. The highest BCUT2D eigenvalue weighted by molar-refractivity contribution is 6.03. The molecule has 0 radical (unpaired) electrons. The van der Waals surface area contributed by atoms with Gasteiger partial charge < -0.3 is 15.2 Å². The van der Waals surface area contributed by atoms with Crippen LogP contribution in [0, 0.1) is 5.41 Å². The number of nitrogens with one attached hydrogen (secondary N) is 1. The third kappa shape index (κ3) is 3.00. The van der Waals surface area contributed by atoms with Gasteiger partial charge in [0.15, 0.2) is 0 Å². The second-order valence-corrected chi connectivity index (χ2v) is 4.89. The van der Waals surface area contributed by atoms with Crippen molar-refractivity contribution in [3.63, 3.8) is 0 Å². The average molecular weight is 251 g/mol. The fraction of sp³-hybridized carbons (Fsp3) is 0.385. The molecule has 1 aromatic carbocycles. The molecule has 0 aromatic heterocycles. The Bertz CT molecular complexity index is 474. The second kappa shape index (κ2) is 5.08. The fourth-order valence-corrected chi connectivity index (χ4v) is 1.34. The van der Waals surface area contributed by atoms with Gasteiger partial charge in [-0.15, -0.1) is 0 Å². The van der Waals surface area contributed by atoms with E-state index in [-0.39, 0.29) is 22.9 Å². The molecule has 5 heteroatoms. The highest BCUT2D eigenvalue weighted by Gasteiger charge is 2.24. The summed E-state index contributed by atoms with van der Waals surface area (Å²) >= 11 is 0. The molecule has 0 aliphatic heterocycles. The predicted molar refractivity (Wildman–Crippen MR) is 68.0 cm³/mol. The van der Waals surface area contributed by atoms with E-state index in [0.29, 0.717) is 0 Å². The molecule has 0 saturated carbocycles. The summed E-state index contributed by atoms with van der Waals surface area (Å²) in [5, 5.41) is 11.8. The first kappa shape index (κ1) is 14.0. The van der Waals surface area contributed by atoms with Crippen LogP contribution < -0.4 is 10.1 Å². The summed E-state index contributed by atoms with van der Waals surface area (Å²) in [6.07, 6.45) is 0. The van der Waals surface area contributed by atoms with Crippen molar-refractivity contribution in [3.8, 4) is 5.75 Å². The number of aromatic carboxylic acids is 1. The maximum atomic E-state index is 11.9. The molecule has 0 spiro atoms. The van der Waals surface area contributed by atoms with Gasteiger partial charge in [-0.2, -0.15) is 0 Å². The summed E-state index contributed by atoms with van der Waals surface area (Å²) in [5.74, 6) is -1.18. The van der Waals surface area contributed by atoms with Crippen LogP contribution in [0.4, 0.5) is 5.69 Å². The zero-order valence-corrected chi connectivity index (χ0v) is 10.9. The lowest BCUT2D eigenvalue weighted by Gasteiger charge is -2.19. The minimum absolute atomic E-state index is 0.0439. The maximum absolute atomic E-state index is 11.9. The third-order valence-electron chi connectivity index (χ3n) is 2.39. The highest BCUT2D eigenvalue weighted by atomic mass is 16.5. The number of carboxylic acid groups (broad SMARTS) is 1. The Morgan fingerprint density at radius 1 is 1.28 bits per heavy atom. The first-order valence-electron chi connectivity index (χ1n) is 5.49. The number of benzene rings is 1. The molecule has 98 valence electrons. The monoisotopic (exact) mass is 251 g/mol. The van der Waals surface area contributed by atoms with Gasteiger partial charge in [0.1, 0.15) is 11.3 Å². The van der Waals surface area contributed by atoms with E-state index >= 15 is 0 Å². The molecule has 18 heavy (non-hydrogen) atoms. The molecule has 0 heterocycles. The van der Waals surface area contributed by atoms with Crippen LogP contribution in [0.25, 0.3) is 0 Å². The van der Waals surface area contributed by atoms with Crippen LogP contribution in [0.1, 0.15) is 31.1 Å². The van der Waals surface area contributed by atoms with E-state index in [4.69, 9.17) is 9.84 Å². The van der Waals surface area contributed by atoms with E-state index in [9.17, 15) is 9.59 Å². The van der Waals surface area contributed by atoms with E-state index in [1.54, 1.807) is 26.8 Å². The summed E-state index contributed by atoms with van der Waals surface area (Å²) in [7, 11) is 1.39. The SMILES string of the molecule is COc1cccc(NC(=O)C(C)(C)C)c1C(=O)O. The van der Waals surface area contributed by atoms with Crippen LogP contribution in [0.5, 0.6) is 5.75 Å². The lowest BCUT2D eigenvalue weighted by Crippen LogP contribution is -2.28. The van der Waals surface area contributed by atoms with Gasteiger partial charge in [-0.25, -0.2) is 4.79 Å². The van der Waals surface area contributed by atoms with Gasteiger partial charge in [-0.3, -0.25) is 4.79 Å². The van der Waals surface area contributed by atoms with Crippen LogP contribution in [0.3, 0.4) is 0 Å². The number of rotatable bonds is 3. The summed E-state index contributed by atoms with van der Waals surface area (Å²) in [4.78, 5) is 23.1. The molecule has 0 saturated heterocycles. The topological polar surface area (TPSA) is 75.6 Å². The largest absolute Gasteiger partial charge is 0.496 e. The Balaban J connectivity index is 3.17. The normalized spacial score (nSPS) is 10.9. The van der Waals surface area contributed by atoms with Gasteiger partial charge in [-0.1, -0.05) is 26.8 Å². The Morgan fingerprint density at radius 3 is 2.33 bits per heavy atom. The van der Waals surface area contributed by atoms with E-state index in [1.165, 1.54) is 19.2 Å². The Kier molecular flexibility index (Phi) is 3.96. The Morgan fingerprint density at radius 2 is 1.89 bits per heavy atom. The van der Waals surface area contributed by atoms with Gasteiger partial charge in [-0.05, 0) is 12.1 Å². The standard InChI is InChI=1S/C13H17NO4/c1-13(2,3)12(17)14-8-6-5-7-9(18-4)10(8)11(15)16/h5-7H,1-4H3,(H,14,17)(H,15,16). The first-order valence-corrected chi connectivity index (χ1v) is 5.49. The van der Waals surface area contributed by atoms with Crippen LogP contribution in [0.2, 0.25) is 0 Å². The molecule has 1 amide bonds. The number of carbonyl (C=O) groups is 2. The zero-order chi connectivity index (χ0) is 13.9. The average Bonchev–Trinajstić information content (AvgIpc) is 2.26. The lowest BCUT2D eigenvalue weighted by atomic mass is 9.95. The Hall–Kier alpha value is -2.04. The van der Waals surface area contributed by atoms with Gasteiger partial charge in [0, 0.05) is 5.41 Å². The van der Waals surface area contributed by atoms with Crippen LogP contribution in [0.15, 0.2) is 18.2 Å². The molecule has 5 nitrogen and oxygen atoms in total. The molecule has 0 aliphatic rings. The van der Waals surface area contributed by atoms with Crippen molar-refractivity contribution in [1.82, 2.24) is 0 Å². The van der Waals surface area contributed by atoms with E-state index in [1.807, 2.05) is 0 Å². The molecule has 2 N–H and O–H groups in total. The maximum Gasteiger partial charge on any atom is 0.341 e. The molecule has 1 rings (SSSR count). The third-order valence-corrected chi connectivity index (χ3v) is 2.39. The number of carboxylic acids is 1. The number of anilines is 1. The Labute approximate surface area is 106 Å². The molecular weight excluding hydrogens is 234 g/mol. The predicted octanol–water partition coefficient (Wildman–Crippen LogP) is 2.38. The number of amides is 1. The quantitative estimate of drug-likeness (QED) is 0.864. The fourth-order valence-electron chi connectivity index (χ4n) is 1.34.